The molecule has 0 unspecified atom stereocenters. The number of aromatic nitrogens is 1. The molecule has 1 rings (SSSR count). The molecule has 1 aromatic rings. The van der Waals surface area contributed by atoms with E-state index in [1.54, 1.807) is 4.90 Å². The molecule has 0 spiro atoms. The summed E-state index contributed by atoms with van der Waals surface area (Å²) in [6.07, 6.45) is 0. The zero-order valence-electron chi connectivity index (χ0n) is 9.53. The average molecular weight is 212 g/mol. The van der Waals surface area contributed by atoms with Gasteiger partial charge in [-0.3, -0.25) is 9.69 Å². The van der Waals surface area contributed by atoms with Crippen molar-refractivity contribution in [1.29, 1.82) is 0 Å². The Balaban J connectivity index is 2.51. The van der Waals surface area contributed by atoms with Gasteiger partial charge >= 0.3 is 5.97 Å². The van der Waals surface area contributed by atoms with Crippen molar-refractivity contribution < 1.29 is 13.9 Å². The van der Waals surface area contributed by atoms with Crippen LogP contribution in [0.25, 0.3) is 0 Å². The highest BCUT2D eigenvalue weighted by molar-refractivity contribution is 5.71. The Morgan fingerprint density at radius 3 is 2.67 bits per heavy atom. The summed E-state index contributed by atoms with van der Waals surface area (Å²) in [6, 6.07) is 0. The molecule has 0 atom stereocenters. The van der Waals surface area contributed by atoms with E-state index in [9.17, 15) is 4.79 Å². The highest BCUT2D eigenvalue weighted by Gasteiger charge is 2.11. The normalized spacial score (nSPS) is 10.7. The van der Waals surface area contributed by atoms with E-state index in [1.165, 1.54) is 7.11 Å². The number of esters is 1. The lowest BCUT2D eigenvalue weighted by atomic mass is 10.4. The number of aryl methyl sites for hydroxylation is 2. The first-order valence-electron chi connectivity index (χ1n) is 4.71. The Bertz CT molecular complexity index is 327. The first-order chi connectivity index (χ1) is 7.02. The maximum absolute atomic E-state index is 11.0. The van der Waals surface area contributed by atoms with Gasteiger partial charge in [0.2, 0.25) is 5.89 Å². The number of oxazole rings is 1. The van der Waals surface area contributed by atoms with Crippen molar-refractivity contribution in [3.8, 4) is 0 Å². The lowest BCUT2D eigenvalue weighted by molar-refractivity contribution is -0.141. The number of carbonyl (C=O) groups is 1. The summed E-state index contributed by atoms with van der Waals surface area (Å²) in [5, 5.41) is 0. The van der Waals surface area contributed by atoms with Crippen LogP contribution in [0.1, 0.15) is 17.3 Å². The van der Waals surface area contributed by atoms with Crippen molar-refractivity contribution in [3.05, 3.63) is 17.3 Å². The van der Waals surface area contributed by atoms with E-state index in [0.29, 0.717) is 12.4 Å². The van der Waals surface area contributed by atoms with Crippen molar-refractivity contribution in [2.45, 2.75) is 20.4 Å². The van der Waals surface area contributed by atoms with E-state index in [1.807, 2.05) is 20.9 Å². The van der Waals surface area contributed by atoms with Gasteiger partial charge in [0.1, 0.15) is 5.76 Å². The number of carbonyl (C=O) groups excluding carboxylic acids is 1. The average Bonchev–Trinajstić information content (AvgIpc) is 2.45. The summed E-state index contributed by atoms with van der Waals surface area (Å²) in [7, 11) is 3.18. The van der Waals surface area contributed by atoms with Crippen LogP contribution in [0, 0.1) is 13.8 Å². The molecule has 0 aliphatic carbocycles. The summed E-state index contributed by atoms with van der Waals surface area (Å²) in [6.45, 7) is 4.50. The molecule has 84 valence electrons. The summed E-state index contributed by atoms with van der Waals surface area (Å²) >= 11 is 0. The number of rotatable bonds is 4. The van der Waals surface area contributed by atoms with Crippen molar-refractivity contribution >= 4 is 5.97 Å². The smallest absolute Gasteiger partial charge is 0.319 e. The molecule has 0 aromatic carbocycles. The van der Waals surface area contributed by atoms with Crippen molar-refractivity contribution in [2.75, 3.05) is 20.7 Å². The molecule has 0 amide bonds. The van der Waals surface area contributed by atoms with Crippen LogP contribution >= 0.6 is 0 Å². The van der Waals surface area contributed by atoms with E-state index in [4.69, 9.17) is 4.42 Å². The van der Waals surface area contributed by atoms with Gasteiger partial charge in [-0.05, 0) is 20.9 Å². The second-order valence-electron chi connectivity index (χ2n) is 3.50. The van der Waals surface area contributed by atoms with Crippen LogP contribution in [0.15, 0.2) is 4.42 Å². The van der Waals surface area contributed by atoms with E-state index >= 15 is 0 Å². The third-order valence-electron chi connectivity index (χ3n) is 2.10. The number of ether oxygens (including phenoxy) is 1. The van der Waals surface area contributed by atoms with Crippen LogP contribution in [0.2, 0.25) is 0 Å². The standard InChI is InChI=1S/C10H16N2O3/c1-7-8(2)15-9(11-7)5-12(3)6-10(13)14-4/h5-6H2,1-4H3. The van der Waals surface area contributed by atoms with Crippen LogP contribution in [0.4, 0.5) is 0 Å². The minimum Gasteiger partial charge on any atom is -0.468 e. The Morgan fingerprint density at radius 2 is 2.20 bits per heavy atom. The Kier molecular flexibility index (Phi) is 3.85. The van der Waals surface area contributed by atoms with E-state index < -0.39 is 0 Å². The maximum Gasteiger partial charge on any atom is 0.319 e. The van der Waals surface area contributed by atoms with E-state index in [2.05, 4.69) is 9.72 Å². The van der Waals surface area contributed by atoms with Gasteiger partial charge in [0, 0.05) is 0 Å². The fourth-order valence-corrected chi connectivity index (χ4v) is 1.18. The highest BCUT2D eigenvalue weighted by Crippen LogP contribution is 2.09. The summed E-state index contributed by atoms with van der Waals surface area (Å²) < 4.78 is 9.95. The van der Waals surface area contributed by atoms with Crippen LogP contribution < -0.4 is 0 Å². The SMILES string of the molecule is COC(=O)CN(C)Cc1nc(C)c(C)o1. The molecular weight excluding hydrogens is 196 g/mol. The first kappa shape index (κ1) is 11.7. The predicted molar refractivity (Wildman–Crippen MR) is 54.3 cm³/mol. The quantitative estimate of drug-likeness (QED) is 0.694. The number of likely N-dealkylation sites (N-methyl/N-ethyl adjacent to an activating group) is 1. The number of nitrogens with zero attached hydrogens (tertiary/aromatic N) is 2. The van der Waals surface area contributed by atoms with Gasteiger partial charge in [-0.25, -0.2) is 4.98 Å². The van der Waals surface area contributed by atoms with Gasteiger partial charge in [-0.2, -0.15) is 0 Å². The van der Waals surface area contributed by atoms with Gasteiger partial charge in [-0.1, -0.05) is 0 Å². The minimum atomic E-state index is -0.266. The number of hydrogen-bond donors (Lipinski definition) is 0. The summed E-state index contributed by atoms with van der Waals surface area (Å²) in [5.74, 6) is 1.17. The highest BCUT2D eigenvalue weighted by atomic mass is 16.5. The molecule has 1 aromatic heterocycles. The molecule has 0 bridgehead atoms. The molecule has 5 heteroatoms. The Morgan fingerprint density at radius 1 is 1.53 bits per heavy atom. The van der Waals surface area contributed by atoms with Gasteiger partial charge in [0.25, 0.3) is 0 Å². The fraction of sp³-hybridized carbons (Fsp3) is 0.600. The maximum atomic E-state index is 11.0. The monoisotopic (exact) mass is 212 g/mol. The van der Waals surface area contributed by atoms with Crippen LogP contribution in [-0.2, 0) is 16.1 Å². The molecule has 0 fully saturated rings. The topological polar surface area (TPSA) is 55.6 Å². The minimum absolute atomic E-state index is 0.233. The molecule has 0 saturated heterocycles. The predicted octanol–water partition coefficient (Wildman–Crippen LogP) is 0.896. The zero-order chi connectivity index (χ0) is 11.4. The molecule has 15 heavy (non-hydrogen) atoms. The largest absolute Gasteiger partial charge is 0.468 e. The molecule has 0 N–H and O–H groups in total. The van der Waals surface area contributed by atoms with Crippen molar-refractivity contribution in [2.24, 2.45) is 0 Å². The van der Waals surface area contributed by atoms with Crippen LogP contribution in [-0.4, -0.2) is 36.6 Å². The lowest BCUT2D eigenvalue weighted by Crippen LogP contribution is -2.26. The van der Waals surface area contributed by atoms with E-state index in [-0.39, 0.29) is 12.5 Å². The van der Waals surface area contributed by atoms with Crippen molar-refractivity contribution in [3.63, 3.8) is 0 Å². The summed E-state index contributed by atoms with van der Waals surface area (Å²) in [5.41, 5.74) is 0.886. The molecular formula is C10H16N2O3. The lowest BCUT2D eigenvalue weighted by Gasteiger charge is -2.11. The fourth-order valence-electron chi connectivity index (χ4n) is 1.18. The zero-order valence-corrected chi connectivity index (χ0v) is 9.53. The molecule has 0 radical (unpaired) electrons. The molecule has 1 heterocycles. The molecule has 0 aliphatic rings. The van der Waals surface area contributed by atoms with Gasteiger partial charge in [-0.15, -0.1) is 0 Å². The van der Waals surface area contributed by atoms with Crippen molar-refractivity contribution in [1.82, 2.24) is 9.88 Å². The third-order valence-corrected chi connectivity index (χ3v) is 2.10. The second-order valence-corrected chi connectivity index (χ2v) is 3.50. The summed E-state index contributed by atoms with van der Waals surface area (Å²) in [4.78, 5) is 17.0. The van der Waals surface area contributed by atoms with Crippen LogP contribution in [0.3, 0.4) is 0 Å². The Labute approximate surface area is 89.0 Å². The Hall–Kier alpha value is -1.36. The van der Waals surface area contributed by atoms with Gasteiger partial charge in [0.15, 0.2) is 0 Å². The first-order valence-corrected chi connectivity index (χ1v) is 4.71. The number of hydrogen-bond acceptors (Lipinski definition) is 5. The van der Waals surface area contributed by atoms with Gasteiger partial charge < -0.3 is 9.15 Å². The molecule has 0 saturated carbocycles. The third kappa shape index (κ3) is 3.36. The van der Waals surface area contributed by atoms with Crippen LogP contribution in [0.5, 0.6) is 0 Å². The van der Waals surface area contributed by atoms with Gasteiger partial charge in [0.05, 0.1) is 25.9 Å². The number of methoxy groups -OCH3 is 1. The second kappa shape index (κ2) is 4.93. The van der Waals surface area contributed by atoms with E-state index in [0.717, 1.165) is 11.5 Å². The molecule has 0 aliphatic heterocycles. The molecule has 5 nitrogen and oxygen atoms in total.